The Morgan fingerprint density at radius 3 is 2.79 bits per heavy atom. The van der Waals surface area contributed by atoms with Crippen molar-refractivity contribution in [1.29, 1.82) is 0 Å². The number of rotatable bonds is 6. The predicted octanol–water partition coefficient (Wildman–Crippen LogP) is 1.77. The van der Waals surface area contributed by atoms with Gasteiger partial charge in [-0.25, -0.2) is 4.79 Å². The summed E-state index contributed by atoms with van der Waals surface area (Å²) in [6.45, 7) is 3.71. The number of hydrogen-bond donors (Lipinski definition) is 1. The molecule has 0 spiro atoms. The predicted molar refractivity (Wildman–Crippen MR) is 58.8 cm³/mol. The Hall–Kier alpha value is -0.970. The fourth-order valence-corrected chi connectivity index (χ4v) is 1.65. The zero-order valence-corrected chi connectivity index (χ0v) is 9.37. The molecule has 0 aromatic carbocycles. The molecule has 14 heavy (non-hydrogen) atoms. The van der Waals surface area contributed by atoms with E-state index in [0.29, 0.717) is 0 Å². The lowest BCUT2D eigenvalue weighted by atomic mass is 10.3. The molecule has 0 radical (unpaired) electrons. The third-order valence-corrected chi connectivity index (χ3v) is 2.58. The van der Waals surface area contributed by atoms with E-state index in [0.717, 1.165) is 5.75 Å². The maximum Gasteiger partial charge on any atom is 0.354 e. The molecule has 0 aromatic rings. The van der Waals surface area contributed by atoms with Gasteiger partial charge in [-0.3, -0.25) is 0 Å². The van der Waals surface area contributed by atoms with E-state index in [9.17, 15) is 4.79 Å². The standard InChI is InChI=1S/C9H15NO3S/c1-4-5-6-14-7(2)8(9(11)12)10-13-3/h4-5,7H,6H2,1-3H3,(H,11,12). The first-order valence-corrected chi connectivity index (χ1v) is 5.25. The van der Waals surface area contributed by atoms with Gasteiger partial charge in [-0.15, -0.1) is 11.8 Å². The van der Waals surface area contributed by atoms with E-state index in [-0.39, 0.29) is 11.0 Å². The third kappa shape index (κ3) is 4.91. The highest BCUT2D eigenvalue weighted by atomic mass is 32.2. The van der Waals surface area contributed by atoms with Crippen molar-refractivity contribution in [3.05, 3.63) is 12.2 Å². The first-order chi connectivity index (χ1) is 6.63. The normalized spacial score (nSPS) is 14.4. The summed E-state index contributed by atoms with van der Waals surface area (Å²) in [4.78, 5) is 15.2. The number of aliphatic carboxylic acids is 1. The fraction of sp³-hybridized carbons (Fsp3) is 0.556. The summed E-state index contributed by atoms with van der Waals surface area (Å²) in [6.07, 6.45) is 3.89. The van der Waals surface area contributed by atoms with Crippen LogP contribution in [0.3, 0.4) is 0 Å². The topological polar surface area (TPSA) is 58.9 Å². The van der Waals surface area contributed by atoms with Crippen LogP contribution >= 0.6 is 11.8 Å². The van der Waals surface area contributed by atoms with Crippen LogP contribution in [0, 0.1) is 0 Å². The smallest absolute Gasteiger partial charge is 0.354 e. The molecule has 0 rings (SSSR count). The zero-order valence-electron chi connectivity index (χ0n) is 8.56. The summed E-state index contributed by atoms with van der Waals surface area (Å²) < 4.78 is 0. The number of thioether (sulfide) groups is 1. The molecule has 0 fully saturated rings. The van der Waals surface area contributed by atoms with E-state index in [2.05, 4.69) is 9.99 Å². The Balaban J connectivity index is 4.23. The highest BCUT2D eigenvalue weighted by molar-refractivity contribution is 8.00. The average Bonchev–Trinajstić information content (AvgIpc) is 2.13. The Morgan fingerprint density at radius 1 is 1.71 bits per heavy atom. The SMILES string of the molecule is CC=CCSC(C)C(=NOC)C(=O)O. The molecule has 0 aliphatic rings. The molecule has 0 saturated carbocycles. The quantitative estimate of drug-likeness (QED) is 0.418. The van der Waals surface area contributed by atoms with Crippen molar-refractivity contribution < 1.29 is 14.7 Å². The molecule has 1 atom stereocenters. The van der Waals surface area contributed by atoms with Crippen LogP contribution in [0.5, 0.6) is 0 Å². The Labute approximate surface area is 88.0 Å². The van der Waals surface area contributed by atoms with Gasteiger partial charge in [-0.2, -0.15) is 0 Å². The maximum atomic E-state index is 10.7. The molecule has 5 heteroatoms. The molecule has 0 amide bonds. The van der Waals surface area contributed by atoms with Crippen molar-refractivity contribution in [2.24, 2.45) is 5.16 Å². The van der Waals surface area contributed by atoms with Crippen molar-refractivity contribution in [1.82, 2.24) is 0 Å². The molecule has 0 heterocycles. The van der Waals surface area contributed by atoms with E-state index in [1.54, 1.807) is 6.92 Å². The molecule has 0 aliphatic carbocycles. The molecule has 4 nitrogen and oxygen atoms in total. The zero-order chi connectivity index (χ0) is 11.0. The van der Waals surface area contributed by atoms with Crippen LogP contribution in [0.4, 0.5) is 0 Å². The van der Waals surface area contributed by atoms with Crippen LogP contribution in [0.25, 0.3) is 0 Å². The van der Waals surface area contributed by atoms with Crippen molar-refractivity contribution in [3.8, 4) is 0 Å². The molecule has 1 N–H and O–H groups in total. The second-order valence-electron chi connectivity index (χ2n) is 2.51. The summed E-state index contributed by atoms with van der Waals surface area (Å²) in [7, 11) is 1.34. The van der Waals surface area contributed by atoms with Crippen molar-refractivity contribution in [2.75, 3.05) is 12.9 Å². The average molecular weight is 217 g/mol. The summed E-state index contributed by atoms with van der Waals surface area (Å²) in [6, 6.07) is 0. The van der Waals surface area contributed by atoms with E-state index >= 15 is 0 Å². The van der Waals surface area contributed by atoms with Crippen LogP contribution in [-0.4, -0.2) is 34.9 Å². The van der Waals surface area contributed by atoms with Gasteiger partial charge in [0.15, 0.2) is 5.71 Å². The number of hydrogen-bond acceptors (Lipinski definition) is 4. The number of allylic oxidation sites excluding steroid dienone is 1. The number of oxime groups is 1. The molecular weight excluding hydrogens is 202 g/mol. The van der Waals surface area contributed by atoms with E-state index < -0.39 is 5.97 Å². The van der Waals surface area contributed by atoms with Crippen molar-refractivity contribution >= 4 is 23.4 Å². The van der Waals surface area contributed by atoms with Crippen LogP contribution in [0.2, 0.25) is 0 Å². The van der Waals surface area contributed by atoms with Crippen LogP contribution in [0.1, 0.15) is 13.8 Å². The van der Waals surface area contributed by atoms with Crippen LogP contribution in [0.15, 0.2) is 17.3 Å². The fourth-order valence-electron chi connectivity index (χ4n) is 0.761. The monoisotopic (exact) mass is 217 g/mol. The van der Waals surface area contributed by atoms with Gasteiger partial charge in [0, 0.05) is 5.75 Å². The molecule has 80 valence electrons. The van der Waals surface area contributed by atoms with Crippen LogP contribution < -0.4 is 0 Å². The largest absolute Gasteiger partial charge is 0.477 e. The van der Waals surface area contributed by atoms with Gasteiger partial charge in [0.25, 0.3) is 0 Å². The lowest BCUT2D eigenvalue weighted by Gasteiger charge is -2.08. The molecule has 0 aliphatic heterocycles. The van der Waals surface area contributed by atoms with E-state index in [1.165, 1.54) is 18.9 Å². The van der Waals surface area contributed by atoms with Crippen LogP contribution in [-0.2, 0) is 9.63 Å². The van der Waals surface area contributed by atoms with Gasteiger partial charge in [-0.1, -0.05) is 17.3 Å². The van der Waals surface area contributed by atoms with Gasteiger partial charge in [-0.05, 0) is 13.8 Å². The summed E-state index contributed by atoms with van der Waals surface area (Å²) in [5, 5.41) is 12.1. The highest BCUT2D eigenvalue weighted by Gasteiger charge is 2.18. The van der Waals surface area contributed by atoms with Crippen molar-refractivity contribution in [2.45, 2.75) is 19.1 Å². The second-order valence-corrected chi connectivity index (χ2v) is 3.88. The lowest BCUT2D eigenvalue weighted by Crippen LogP contribution is -2.24. The Morgan fingerprint density at radius 2 is 2.36 bits per heavy atom. The van der Waals surface area contributed by atoms with Crippen molar-refractivity contribution in [3.63, 3.8) is 0 Å². The third-order valence-electron chi connectivity index (χ3n) is 1.47. The van der Waals surface area contributed by atoms with E-state index in [4.69, 9.17) is 5.11 Å². The number of nitrogens with zero attached hydrogens (tertiary/aromatic N) is 1. The molecular formula is C9H15NO3S. The minimum Gasteiger partial charge on any atom is -0.477 e. The molecule has 0 saturated heterocycles. The summed E-state index contributed by atoms with van der Waals surface area (Å²) >= 11 is 1.50. The first-order valence-electron chi connectivity index (χ1n) is 4.20. The summed E-state index contributed by atoms with van der Waals surface area (Å²) in [5.74, 6) is -0.263. The maximum absolute atomic E-state index is 10.7. The lowest BCUT2D eigenvalue weighted by molar-refractivity contribution is -0.129. The second kappa shape index (κ2) is 7.44. The van der Waals surface area contributed by atoms with Gasteiger partial charge in [0.05, 0.1) is 5.25 Å². The van der Waals surface area contributed by atoms with Gasteiger partial charge >= 0.3 is 5.97 Å². The minimum atomic E-state index is -1.03. The molecule has 1 unspecified atom stereocenters. The molecule has 0 bridgehead atoms. The molecule has 0 aromatic heterocycles. The van der Waals surface area contributed by atoms with Gasteiger partial charge < -0.3 is 9.94 Å². The first kappa shape index (κ1) is 13.0. The van der Waals surface area contributed by atoms with E-state index in [1.807, 2.05) is 19.1 Å². The van der Waals surface area contributed by atoms with Gasteiger partial charge in [0.2, 0.25) is 0 Å². The Kier molecular flexibility index (Phi) is 6.92. The minimum absolute atomic E-state index is 0.0435. The van der Waals surface area contributed by atoms with Gasteiger partial charge in [0.1, 0.15) is 7.11 Å². The highest BCUT2D eigenvalue weighted by Crippen LogP contribution is 2.12. The Bertz CT molecular complexity index is 238. The number of carboxylic acids is 1. The number of carboxylic acid groups (broad SMARTS) is 1. The summed E-state index contributed by atoms with van der Waals surface area (Å²) in [5.41, 5.74) is 0.0435. The number of carbonyl (C=O) groups is 1.